The number of amides is 3. The lowest BCUT2D eigenvalue weighted by atomic mass is 10.1. The lowest BCUT2D eigenvalue weighted by molar-refractivity contribution is -0.144. The third-order valence-electron chi connectivity index (χ3n) is 4.35. The molecule has 1 aliphatic carbocycles. The second-order valence-electron chi connectivity index (χ2n) is 6.38. The van der Waals surface area contributed by atoms with Gasteiger partial charge in [-0.25, -0.2) is 14.6 Å². The molecule has 0 aromatic carbocycles. The van der Waals surface area contributed by atoms with E-state index in [9.17, 15) is 24.3 Å². The molecule has 0 spiro atoms. The lowest BCUT2D eigenvalue weighted by Gasteiger charge is -2.21. The first-order chi connectivity index (χ1) is 12.3. The number of hydrogen-bond donors (Lipinski definition) is 3. The Labute approximate surface area is 150 Å². The molecule has 9 heteroatoms. The zero-order chi connectivity index (χ0) is 19.2. The number of carbonyl (C=O) groups excluding carboxylic acids is 3. The number of carbonyl (C=O) groups is 4. The van der Waals surface area contributed by atoms with Crippen LogP contribution in [0.1, 0.15) is 39.0 Å². The van der Waals surface area contributed by atoms with Crippen molar-refractivity contribution in [2.45, 2.75) is 50.6 Å². The zero-order valence-corrected chi connectivity index (χ0v) is 14.6. The fourth-order valence-electron chi connectivity index (χ4n) is 2.78. The zero-order valence-electron chi connectivity index (χ0n) is 14.6. The van der Waals surface area contributed by atoms with Crippen LogP contribution in [0, 0.1) is 5.92 Å². The number of rotatable bonds is 4. The second-order valence-corrected chi connectivity index (χ2v) is 6.38. The standard InChI is InChI=1S/C17H23N3O6/c1-11(21)26-9-7-13-14(22)20-17(15(23)24)10-12(17)6-4-2-3-5-8-18-16(25)19-13/h4,6,8,12-13H,2-3,5,7,9-10H2,1H3,(H,19,25)(H,20,22)(H,23,24)/b6-4-,18-8+/t12-,13+,17-/m1/s1. The van der Waals surface area contributed by atoms with E-state index in [2.05, 4.69) is 15.6 Å². The lowest BCUT2D eigenvalue weighted by Crippen LogP contribution is -2.53. The molecule has 2 aliphatic rings. The first-order valence-corrected chi connectivity index (χ1v) is 8.53. The Kier molecular flexibility index (Phi) is 6.48. The van der Waals surface area contributed by atoms with Crippen molar-refractivity contribution in [1.82, 2.24) is 10.6 Å². The molecule has 0 aromatic heterocycles. The summed E-state index contributed by atoms with van der Waals surface area (Å²) < 4.78 is 4.81. The van der Waals surface area contributed by atoms with Crippen molar-refractivity contribution in [3.63, 3.8) is 0 Å². The maximum Gasteiger partial charge on any atom is 0.341 e. The molecule has 1 aliphatic heterocycles. The van der Waals surface area contributed by atoms with Gasteiger partial charge in [0.25, 0.3) is 0 Å². The number of nitrogens with zero attached hydrogens (tertiary/aromatic N) is 1. The number of allylic oxidation sites excluding steroid dienone is 1. The van der Waals surface area contributed by atoms with Gasteiger partial charge in [0.2, 0.25) is 5.91 Å². The smallest absolute Gasteiger partial charge is 0.341 e. The number of urea groups is 1. The SMILES string of the molecule is CC(=O)OCC[C@@H]1NC(=O)/N=C/CCC/C=C\[C@@H]2C[C@@]2(C(=O)O)NC1=O. The third-order valence-corrected chi connectivity index (χ3v) is 4.35. The number of carboxylic acid groups (broad SMARTS) is 1. The van der Waals surface area contributed by atoms with Gasteiger partial charge in [-0.1, -0.05) is 12.2 Å². The second kappa shape index (κ2) is 8.59. The highest BCUT2D eigenvalue weighted by atomic mass is 16.5. The van der Waals surface area contributed by atoms with E-state index < -0.39 is 35.5 Å². The van der Waals surface area contributed by atoms with E-state index in [1.54, 1.807) is 0 Å². The monoisotopic (exact) mass is 365 g/mol. The van der Waals surface area contributed by atoms with Gasteiger partial charge in [-0.05, 0) is 25.7 Å². The summed E-state index contributed by atoms with van der Waals surface area (Å²) in [5, 5.41) is 14.5. The molecule has 2 rings (SSSR count). The molecule has 0 radical (unpaired) electrons. The topological polar surface area (TPSA) is 134 Å². The summed E-state index contributed by atoms with van der Waals surface area (Å²) in [6.07, 6.45) is 7.60. The molecule has 26 heavy (non-hydrogen) atoms. The highest BCUT2D eigenvalue weighted by Gasteiger charge is 2.60. The van der Waals surface area contributed by atoms with Crippen molar-refractivity contribution < 1.29 is 29.0 Å². The van der Waals surface area contributed by atoms with E-state index in [0.717, 1.165) is 12.8 Å². The summed E-state index contributed by atoms with van der Waals surface area (Å²) in [6, 6.07) is -1.75. The summed E-state index contributed by atoms with van der Waals surface area (Å²) in [6.45, 7) is 1.15. The molecule has 3 atom stereocenters. The number of aliphatic carboxylic acids is 1. The predicted molar refractivity (Wildman–Crippen MR) is 91.7 cm³/mol. The molecule has 142 valence electrons. The van der Waals surface area contributed by atoms with Gasteiger partial charge in [-0.15, -0.1) is 0 Å². The van der Waals surface area contributed by atoms with Crippen LogP contribution in [0.25, 0.3) is 0 Å². The Morgan fingerprint density at radius 3 is 2.85 bits per heavy atom. The number of ether oxygens (including phenoxy) is 1. The minimum Gasteiger partial charge on any atom is -0.479 e. The van der Waals surface area contributed by atoms with Gasteiger partial charge in [0.1, 0.15) is 11.6 Å². The number of hydrogen-bond acceptors (Lipinski definition) is 5. The molecular formula is C17H23N3O6. The first kappa shape index (κ1) is 19.6. The number of carboxylic acids is 1. The van der Waals surface area contributed by atoms with Crippen molar-refractivity contribution in [2.75, 3.05) is 6.61 Å². The summed E-state index contributed by atoms with van der Waals surface area (Å²) in [5.41, 5.74) is -1.36. The van der Waals surface area contributed by atoms with Crippen LogP contribution in [0.4, 0.5) is 4.79 Å². The normalized spacial score (nSPS) is 31.4. The van der Waals surface area contributed by atoms with Crippen molar-refractivity contribution in [2.24, 2.45) is 10.9 Å². The van der Waals surface area contributed by atoms with E-state index in [0.29, 0.717) is 12.8 Å². The van der Waals surface area contributed by atoms with Crippen LogP contribution < -0.4 is 10.6 Å². The van der Waals surface area contributed by atoms with Crippen LogP contribution >= 0.6 is 0 Å². The molecule has 0 aromatic rings. The summed E-state index contributed by atoms with van der Waals surface area (Å²) >= 11 is 0. The number of nitrogens with one attached hydrogen (secondary N) is 2. The summed E-state index contributed by atoms with van der Waals surface area (Å²) in [5.74, 6) is -2.55. The summed E-state index contributed by atoms with van der Waals surface area (Å²) in [7, 11) is 0. The molecule has 0 bridgehead atoms. The molecule has 9 nitrogen and oxygen atoms in total. The van der Waals surface area contributed by atoms with Gasteiger partial charge in [0.15, 0.2) is 0 Å². The molecule has 1 heterocycles. The molecule has 0 saturated heterocycles. The van der Waals surface area contributed by atoms with Crippen LogP contribution in [0.2, 0.25) is 0 Å². The quantitative estimate of drug-likeness (QED) is 0.498. The molecular weight excluding hydrogens is 342 g/mol. The van der Waals surface area contributed by atoms with Gasteiger partial charge >= 0.3 is 18.0 Å². The molecule has 0 unspecified atom stereocenters. The van der Waals surface area contributed by atoms with Gasteiger partial charge < -0.3 is 20.5 Å². The Hall–Kier alpha value is -2.71. The van der Waals surface area contributed by atoms with Crippen LogP contribution in [-0.4, -0.2) is 53.4 Å². The van der Waals surface area contributed by atoms with E-state index in [1.807, 2.05) is 12.2 Å². The van der Waals surface area contributed by atoms with Crippen molar-refractivity contribution in [3.8, 4) is 0 Å². The van der Waals surface area contributed by atoms with Crippen LogP contribution in [-0.2, 0) is 19.1 Å². The fourth-order valence-corrected chi connectivity index (χ4v) is 2.78. The summed E-state index contributed by atoms with van der Waals surface area (Å²) in [4.78, 5) is 50.7. The number of esters is 1. The van der Waals surface area contributed by atoms with E-state index in [1.165, 1.54) is 13.1 Å². The fraction of sp³-hybridized carbons (Fsp3) is 0.588. The maximum atomic E-state index is 12.5. The highest BCUT2D eigenvalue weighted by molar-refractivity contribution is 5.95. The van der Waals surface area contributed by atoms with Gasteiger partial charge in [-0.2, -0.15) is 0 Å². The van der Waals surface area contributed by atoms with E-state index in [4.69, 9.17) is 4.74 Å². The van der Waals surface area contributed by atoms with E-state index >= 15 is 0 Å². The Morgan fingerprint density at radius 2 is 2.15 bits per heavy atom. The predicted octanol–water partition coefficient (Wildman–Crippen LogP) is 0.788. The van der Waals surface area contributed by atoms with E-state index in [-0.39, 0.29) is 18.9 Å². The first-order valence-electron chi connectivity index (χ1n) is 8.53. The average molecular weight is 365 g/mol. The highest BCUT2D eigenvalue weighted by Crippen LogP contribution is 2.45. The van der Waals surface area contributed by atoms with Crippen LogP contribution in [0.5, 0.6) is 0 Å². The van der Waals surface area contributed by atoms with Gasteiger partial charge in [-0.3, -0.25) is 9.59 Å². The van der Waals surface area contributed by atoms with Crippen molar-refractivity contribution in [3.05, 3.63) is 12.2 Å². The Morgan fingerprint density at radius 1 is 1.38 bits per heavy atom. The third kappa shape index (κ3) is 5.14. The molecule has 3 N–H and O–H groups in total. The molecule has 1 fully saturated rings. The number of fused-ring (bicyclic) bond motifs is 1. The Balaban J connectivity index is 2.15. The average Bonchev–Trinajstić information content (AvgIpc) is 3.26. The minimum absolute atomic E-state index is 0.0167. The molecule has 3 amide bonds. The van der Waals surface area contributed by atoms with Crippen LogP contribution in [0.15, 0.2) is 17.1 Å². The maximum absolute atomic E-state index is 12.5. The van der Waals surface area contributed by atoms with Crippen LogP contribution in [0.3, 0.4) is 0 Å². The largest absolute Gasteiger partial charge is 0.479 e. The minimum atomic E-state index is -1.36. The van der Waals surface area contributed by atoms with Gasteiger partial charge in [0.05, 0.1) is 6.61 Å². The van der Waals surface area contributed by atoms with Crippen molar-refractivity contribution in [1.29, 1.82) is 0 Å². The van der Waals surface area contributed by atoms with Gasteiger partial charge in [0, 0.05) is 25.5 Å². The number of aliphatic imine (C=N–C) groups is 1. The molecule has 1 saturated carbocycles. The van der Waals surface area contributed by atoms with Crippen molar-refractivity contribution >= 4 is 30.1 Å². The Bertz CT molecular complexity index is 644.